The molecule has 23 heavy (non-hydrogen) atoms. The van der Waals surface area contributed by atoms with Gasteiger partial charge in [0.1, 0.15) is 12.4 Å². The van der Waals surface area contributed by atoms with Gasteiger partial charge < -0.3 is 9.84 Å². The molecule has 1 N–H and O–H groups in total. The monoisotopic (exact) mass is 326 g/mol. The minimum absolute atomic E-state index is 0.559. The van der Waals surface area contributed by atoms with Crippen molar-refractivity contribution in [3.63, 3.8) is 0 Å². The van der Waals surface area contributed by atoms with E-state index in [0.717, 1.165) is 29.7 Å². The van der Waals surface area contributed by atoms with Crippen molar-refractivity contribution in [2.75, 3.05) is 0 Å². The molecule has 2 heterocycles. The largest absolute Gasteiger partial charge is 0.489 e. The van der Waals surface area contributed by atoms with Gasteiger partial charge in [0.05, 0.1) is 5.60 Å². The lowest BCUT2D eigenvalue weighted by Gasteiger charge is -2.36. The zero-order chi connectivity index (χ0) is 15.7. The van der Waals surface area contributed by atoms with Gasteiger partial charge in [-0.3, -0.25) is 0 Å². The maximum Gasteiger partial charge on any atom is 0.120 e. The predicted molar refractivity (Wildman–Crippen MR) is 94.7 cm³/mol. The lowest BCUT2D eigenvalue weighted by Crippen LogP contribution is -2.34. The van der Waals surface area contributed by atoms with Gasteiger partial charge in [0.25, 0.3) is 0 Å². The van der Waals surface area contributed by atoms with E-state index in [1.807, 2.05) is 42.5 Å². The van der Waals surface area contributed by atoms with Crippen LogP contribution in [0.1, 0.15) is 36.8 Å². The standard InChI is InChI=1S/C20H22O2S/c21-20(12-18-9-10-19(13-20)23-18)16-7-4-8-17(11-16)22-14-15-5-2-1-3-6-15/h1-8,11,18-19,21H,9-10,12-14H2. The van der Waals surface area contributed by atoms with Crippen molar-refractivity contribution in [1.29, 1.82) is 0 Å². The highest BCUT2D eigenvalue weighted by molar-refractivity contribution is 8.00. The Hall–Kier alpha value is -1.45. The minimum Gasteiger partial charge on any atom is -0.489 e. The van der Waals surface area contributed by atoms with E-state index in [4.69, 9.17) is 4.74 Å². The molecule has 4 rings (SSSR count). The molecule has 2 unspecified atom stereocenters. The van der Waals surface area contributed by atoms with Crippen molar-refractivity contribution >= 4 is 11.8 Å². The van der Waals surface area contributed by atoms with Gasteiger partial charge in [-0.1, -0.05) is 42.5 Å². The Balaban J connectivity index is 1.50. The van der Waals surface area contributed by atoms with Crippen molar-refractivity contribution in [3.8, 4) is 5.75 Å². The zero-order valence-corrected chi connectivity index (χ0v) is 14.0. The number of hydrogen-bond donors (Lipinski definition) is 1. The van der Waals surface area contributed by atoms with Gasteiger partial charge in [-0.2, -0.15) is 11.8 Å². The van der Waals surface area contributed by atoms with E-state index in [9.17, 15) is 5.11 Å². The molecule has 2 nitrogen and oxygen atoms in total. The Labute approximate surface area is 141 Å². The van der Waals surface area contributed by atoms with Crippen molar-refractivity contribution in [2.24, 2.45) is 0 Å². The molecule has 2 aliphatic rings. The Kier molecular flexibility index (Phi) is 4.08. The first-order valence-electron chi connectivity index (χ1n) is 8.36. The van der Waals surface area contributed by atoms with E-state index in [-0.39, 0.29) is 0 Å². The molecule has 0 spiro atoms. The van der Waals surface area contributed by atoms with E-state index >= 15 is 0 Å². The predicted octanol–water partition coefficient (Wildman–Crippen LogP) is 4.51. The van der Waals surface area contributed by atoms with E-state index in [1.165, 1.54) is 12.8 Å². The van der Waals surface area contributed by atoms with E-state index in [2.05, 4.69) is 23.9 Å². The fourth-order valence-corrected chi connectivity index (χ4v) is 5.60. The van der Waals surface area contributed by atoms with Crippen LogP contribution in [0.3, 0.4) is 0 Å². The van der Waals surface area contributed by atoms with Crippen LogP contribution in [-0.4, -0.2) is 15.6 Å². The van der Waals surface area contributed by atoms with Crippen molar-refractivity contribution < 1.29 is 9.84 Å². The fourth-order valence-electron chi connectivity index (χ4n) is 3.77. The number of hydrogen-bond acceptors (Lipinski definition) is 3. The second-order valence-corrected chi connectivity index (χ2v) is 8.30. The molecule has 2 aromatic carbocycles. The summed E-state index contributed by atoms with van der Waals surface area (Å²) in [5.74, 6) is 0.838. The minimum atomic E-state index is -0.677. The summed E-state index contributed by atoms with van der Waals surface area (Å²) in [6.45, 7) is 0.559. The van der Waals surface area contributed by atoms with Crippen molar-refractivity contribution in [2.45, 2.75) is 48.4 Å². The number of benzene rings is 2. The quantitative estimate of drug-likeness (QED) is 0.896. The number of rotatable bonds is 4. The van der Waals surface area contributed by atoms with Crippen LogP contribution in [0.2, 0.25) is 0 Å². The molecule has 0 saturated carbocycles. The van der Waals surface area contributed by atoms with E-state index < -0.39 is 5.60 Å². The smallest absolute Gasteiger partial charge is 0.120 e. The number of ether oxygens (including phenoxy) is 1. The van der Waals surface area contributed by atoms with E-state index in [1.54, 1.807) is 0 Å². The van der Waals surface area contributed by atoms with Crippen LogP contribution in [0.15, 0.2) is 54.6 Å². The molecule has 2 aliphatic heterocycles. The van der Waals surface area contributed by atoms with Crippen LogP contribution in [0.25, 0.3) is 0 Å². The van der Waals surface area contributed by atoms with Crippen molar-refractivity contribution in [1.82, 2.24) is 0 Å². The summed E-state index contributed by atoms with van der Waals surface area (Å²) in [6.07, 6.45) is 4.25. The summed E-state index contributed by atoms with van der Waals surface area (Å²) in [4.78, 5) is 0. The Morgan fingerprint density at radius 2 is 1.74 bits per heavy atom. The second kappa shape index (κ2) is 6.21. The Morgan fingerprint density at radius 3 is 2.48 bits per heavy atom. The molecule has 0 radical (unpaired) electrons. The molecular weight excluding hydrogens is 304 g/mol. The first-order chi connectivity index (χ1) is 11.2. The molecule has 2 saturated heterocycles. The maximum absolute atomic E-state index is 11.2. The summed E-state index contributed by atoms with van der Waals surface area (Å²) in [6, 6.07) is 18.2. The molecule has 0 amide bonds. The van der Waals surface area contributed by atoms with Gasteiger partial charge in [0.15, 0.2) is 0 Å². The average Bonchev–Trinajstić information content (AvgIpc) is 2.93. The van der Waals surface area contributed by atoms with Gasteiger partial charge in [0, 0.05) is 10.5 Å². The number of thioether (sulfide) groups is 1. The van der Waals surface area contributed by atoms with Crippen LogP contribution in [-0.2, 0) is 12.2 Å². The first-order valence-corrected chi connectivity index (χ1v) is 9.31. The molecule has 3 heteroatoms. The molecule has 2 atom stereocenters. The van der Waals surface area contributed by atoms with Crippen LogP contribution < -0.4 is 4.74 Å². The second-order valence-electron chi connectivity index (χ2n) is 6.70. The lowest BCUT2D eigenvalue weighted by atomic mass is 9.86. The van der Waals surface area contributed by atoms with Gasteiger partial charge in [0.2, 0.25) is 0 Å². The summed E-state index contributed by atoms with van der Waals surface area (Å²) in [7, 11) is 0. The van der Waals surface area contributed by atoms with Crippen LogP contribution in [0.5, 0.6) is 5.75 Å². The highest BCUT2D eigenvalue weighted by Crippen LogP contribution is 2.51. The van der Waals surface area contributed by atoms with E-state index in [0.29, 0.717) is 17.1 Å². The number of aliphatic hydroxyl groups is 1. The summed E-state index contributed by atoms with van der Waals surface area (Å²) in [5.41, 5.74) is 1.49. The molecular formula is C20H22O2S. The molecule has 2 fully saturated rings. The molecule has 120 valence electrons. The topological polar surface area (TPSA) is 29.5 Å². The van der Waals surface area contributed by atoms with Gasteiger partial charge in [-0.05, 0) is 48.9 Å². The average molecular weight is 326 g/mol. The fraction of sp³-hybridized carbons (Fsp3) is 0.400. The molecule has 0 aromatic heterocycles. The SMILES string of the molecule is OC1(c2cccc(OCc3ccccc3)c2)CC2CCC(C1)S2. The highest BCUT2D eigenvalue weighted by Gasteiger charge is 2.44. The van der Waals surface area contributed by atoms with Crippen LogP contribution in [0.4, 0.5) is 0 Å². The van der Waals surface area contributed by atoms with Crippen LogP contribution >= 0.6 is 11.8 Å². The molecule has 0 aliphatic carbocycles. The van der Waals surface area contributed by atoms with Crippen molar-refractivity contribution in [3.05, 3.63) is 65.7 Å². The third-order valence-electron chi connectivity index (χ3n) is 4.95. The Bertz CT molecular complexity index is 658. The zero-order valence-electron chi connectivity index (χ0n) is 13.2. The third-order valence-corrected chi connectivity index (χ3v) is 6.52. The summed E-state index contributed by atoms with van der Waals surface area (Å²) < 4.78 is 5.92. The van der Waals surface area contributed by atoms with Gasteiger partial charge >= 0.3 is 0 Å². The Morgan fingerprint density at radius 1 is 1.00 bits per heavy atom. The van der Waals surface area contributed by atoms with Crippen LogP contribution in [0, 0.1) is 0 Å². The first kappa shape index (κ1) is 15.1. The third kappa shape index (κ3) is 3.26. The summed E-state index contributed by atoms with van der Waals surface area (Å²) >= 11 is 2.07. The molecule has 2 bridgehead atoms. The highest BCUT2D eigenvalue weighted by atomic mass is 32.2. The maximum atomic E-state index is 11.2. The molecule has 2 aromatic rings. The normalized spacial score (nSPS) is 29.4. The van der Waals surface area contributed by atoms with Gasteiger partial charge in [-0.25, -0.2) is 0 Å². The lowest BCUT2D eigenvalue weighted by molar-refractivity contribution is 0.0194. The van der Waals surface area contributed by atoms with Gasteiger partial charge in [-0.15, -0.1) is 0 Å². The number of fused-ring (bicyclic) bond motifs is 2. The summed E-state index contributed by atoms with van der Waals surface area (Å²) in [5, 5.41) is 12.4.